The van der Waals surface area contributed by atoms with Gasteiger partial charge in [-0.25, -0.2) is 9.98 Å². The Kier molecular flexibility index (Phi) is 8.32. The van der Waals surface area contributed by atoms with Gasteiger partial charge >= 0.3 is 0 Å². The lowest BCUT2D eigenvalue weighted by molar-refractivity contribution is 0.0529. The van der Waals surface area contributed by atoms with Crippen LogP contribution in [0.4, 0.5) is 5.82 Å². The number of methoxy groups -OCH3 is 1. The van der Waals surface area contributed by atoms with Crippen molar-refractivity contribution < 1.29 is 9.47 Å². The monoisotopic (exact) mass is 411 g/mol. The van der Waals surface area contributed by atoms with Crippen molar-refractivity contribution in [2.75, 3.05) is 44.8 Å². The number of hydrogen-bond donors (Lipinski definition) is 2. The van der Waals surface area contributed by atoms with Crippen LogP contribution in [0.15, 0.2) is 47.6 Å². The first-order chi connectivity index (χ1) is 14.7. The highest BCUT2D eigenvalue weighted by Gasteiger charge is 2.17. The number of pyridine rings is 1. The number of rotatable bonds is 8. The van der Waals surface area contributed by atoms with Crippen molar-refractivity contribution in [1.82, 2.24) is 15.6 Å². The van der Waals surface area contributed by atoms with Gasteiger partial charge in [-0.1, -0.05) is 18.2 Å². The topological polar surface area (TPSA) is 71.0 Å². The Morgan fingerprint density at radius 2 is 2.00 bits per heavy atom. The first kappa shape index (κ1) is 21.9. The van der Waals surface area contributed by atoms with Crippen molar-refractivity contribution in [1.29, 1.82) is 0 Å². The van der Waals surface area contributed by atoms with Gasteiger partial charge in [0, 0.05) is 32.4 Å². The quantitative estimate of drug-likeness (QED) is 0.514. The van der Waals surface area contributed by atoms with E-state index in [1.54, 1.807) is 7.11 Å². The number of guanidine groups is 1. The van der Waals surface area contributed by atoms with Gasteiger partial charge in [0.2, 0.25) is 0 Å². The third kappa shape index (κ3) is 6.62. The Balaban J connectivity index is 1.50. The molecule has 0 amide bonds. The molecule has 1 aromatic heterocycles. The summed E-state index contributed by atoms with van der Waals surface area (Å²) in [6, 6.07) is 12.3. The Labute approximate surface area is 179 Å². The molecule has 1 aliphatic heterocycles. The van der Waals surface area contributed by atoms with Crippen molar-refractivity contribution in [3.05, 3.63) is 53.7 Å². The molecular weight excluding hydrogens is 378 g/mol. The maximum atomic E-state index is 5.61. The van der Waals surface area contributed by atoms with Crippen LogP contribution in [-0.4, -0.2) is 56.9 Å². The third-order valence-electron chi connectivity index (χ3n) is 5.00. The summed E-state index contributed by atoms with van der Waals surface area (Å²) in [5, 5.41) is 6.70. The Hall–Kier alpha value is -2.80. The van der Waals surface area contributed by atoms with E-state index in [1.807, 2.05) is 18.3 Å². The first-order valence-corrected chi connectivity index (χ1v) is 10.6. The molecule has 1 unspecified atom stereocenters. The van der Waals surface area contributed by atoms with Crippen LogP contribution in [0.3, 0.4) is 0 Å². The molecule has 162 valence electrons. The summed E-state index contributed by atoms with van der Waals surface area (Å²) in [5.41, 5.74) is 2.35. The number of benzene rings is 1. The molecule has 0 bridgehead atoms. The maximum Gasteiger partial charge on any atom is 0.191 e. The van der Waals surface area contributed by atoms with E-state index in [-0.39, 0.29) is 6.10 Å². The minimum Gasteiger partial charge on any atom is -0.497 e. The zero-order chi connectivity index (χ0) is 21.2. The largest absolute Gasteiger partial charge is 0.497 e. The molecule has 7 nitrogen and oxygen atoms in total. The Morgan fingerprint density at radius 3 is 2.67 bits per heavy atom. The molecule has 1 aliphatic rings. The second-order valence-corrected chi connectivity index (χ2v) is 7.37. The van der Waals surface area contributed by atoms with Crippen LogP contribution < -0.4 is 20.3 Å². The van der Waals surface area contributed by atoms with Crippen LogP contribution in [0.25, 0.3) is 0 Å². The number of nitrogens with zero attached hydrogens (tertiary/aromatic N) is 3. The summed E-state index contributed by atoms with van der Waals surface area (Å²) in [6.07, 6.45) is 3.08. The molecule has 7 heteroatoms. The zero-order valence-corrected chi connectivity index (χ0v) is 18.2. The SMILES string of the molecule is CCNC(=NCc1ccc(N2CCOC(C)C2)nc1)NCCc1ccc(OC)cc1. The number of aliphatic imine (C=N–C) groups is 1. The number of aromatic nitrogens is 1. The van der Waals surface area contributed by atoms with Gasteiger partial charge in [0.25, 0.3) is 0 Å². The standard InChI is InChI=1S/C23H33N5O2/c1-4-24-23(25-12-11-19-5-8-21(29-3)9-6-19)27-16-20-7-10-22(26-15-20)28-13-14-30-18(2)17-28/h5-10,15,18H,4,11-14,16-17H2,1-3H3,(H2,24,25,27). The van der Waals surface area contributed by atoms with E-state index in [1.165, 1.54) is 5.56 Å². The van der Waals surface area contributed by atoms with E-state index in [2.05, 4.69) is 58.6 Å². The Bertz CT molecular complexity index is 792. The molecule has 1 saturated heterocycles. The lowest BCUT2D eigenvalue weighted by Gasteiger charge is -2.32. The third-order valence-corrected chi connectivity index (χ3v) is 5.00. The van der Waals surface area contributed by atoms with Crippen molar-refractivity contribution in [3.63, 3.8) is 0 Å². The van der Waals surface area contributed by atoms with Crippen molar-refractivity contribution in [2.45, 2.75) is 32.9 Å². The molecule has 1 fully saturated rings. The molecule has 3 rings (SSSR count). The van der Waals surface area contributed by atoms with Crippen molar-refractivity contribution in [2.24, 2.45) is 4.99 Å². The van der Waals surface area contributed by atoms with Gasteiger partial charge < -0.3 is 25.0 Å². The normalized spacial score (nSPS) is 17.0. The van der Waals surface area contributed by atoms with E-state index < -0.39 is 0 Å². The highest BCUT2D eigenvalue weighted by atomic mass is 16.5. The van der Waals surface area contributed by atoms with Crippen LogP contribution in [-0.2, 0) is 17.7 Å². The molecule has 0 aliphatic carbocycles. The lowest BCUT2D eigenvalue weighted by atomic mass is 10.1. The molecule has 2 aromatic rings. The highest BCUT2D eigenvalue weighted by molar-refractivity contribution is 5.79. The van der Waals surface area contributed by atoms with Gasteiger partial charge in [0.1, 0.15) is 11.6 Å². The fourth-order valence-electron chi connectivity index (χ4n) is 3.35. The minimum absolute atomic E-state index is 0.247. The smallest absolute Gasteiger partial charge is 0.191 e. The summed E-state index contributed by atoms with van der Waals surface area (Å²) in [4.78, 5) is 11.6. The number of ether oxygens (including phenoxy) is 2. The van der Waals surface area contributed by atoms with E-state index in [0.717, 1.165) is 62.3 Å². The average Bonchev–Trinajstić information content (AvgIpc) is 2.78. The molecule has 2 N–H and O–H groups in total. The molecule has 30 heavy (non-hydrogen) atoms. The zero-order valence-electron chi connectivity index (χ0n) is 18.2. The van der Waals surface area contributed by atoms with Crippen molar-refractivity contribution in [3.8, 4) is 5.75 Å². The van der Waals surface area contributed by atoms with Gasteiger partial charge in [-0.3, -0.25) is 0 Å². The molecular formula is C23H33N5O2. The van der Waals surface area contributed by atoms with Crippen LogP contribution >= 0.6 is 0 Å². The molecule has 0 spiro atoms. The summed E-state index contributed by atoms with van der Waals surface area (Å²) in [6.45, 7) is 8.91. The molecule has 2 heterocycles. The van der Waals surface area contributed by atoms with Crippen LogP contribution in [0.2, 0.25) is 0 Å². The minimum atomic E-state index is 0.247. The highest BCUT2D eigenvalue weighted by Crippen LogP contribution is 2.16. The van der Waals surface area contributed by atoms with Crippen LogP contribution in [0.5, 0.6) is 5.75 Å². The number of hydrogen-bond acceptors (Lipinski definition) is 5. The van der Waals surface area contributed by atoms with Gasteiger partial charge in [-0.15, -0.1) is 0 Å². The van der Waals surface area contributed by atoms with Crippen LogP contribution in [0.1, 0.15) is 25.0 Å². The van der Waals surface area contributed by atoms with E-state index in [0.29, 0.717) is 6.54 Å². The van der Waals surface area contributed by atoms with E-state index >= 15 is 0 Å². The fraction of sp³-hybridized carbons (Fsp3) is 0.478. The molecule has 0 saturated carbocycles. The molecule has 1 aromatic carbocycles. The van der Waals surface area contributed by atoms with Gasteiger partial charge in [-0.2, -0.15) is 0 Å². The summed E-state index contributed by atoms with van der Waals surface area (Å²) in [7, 11) is 1.68. The van der Waals surface area contributed by atoms with Crippen molar-refractivity contribution >= 4 is 11.8 Å². The molecule has 0 radical (unpaired) electrons. The number of nitrogens with one attached hydrogen (secondary N) is 2. The molecule has 1 atom stereocenters. The first-order valence-electron chi connectivity index (χ1n) is 10.6. The maximum absolute atomic E-state index is 5.61. The number of morpholine rings is 1. The van der Waals surface area contributed by atoms with Gasteiger partial charge in [-0.05, 0) is 49.6 Å². The van der Waals surface area contributed by atoms with Gasteiger partial charge in [0.15, 0.2) is 5.96 Å². The van der Waals surface area contributed by atoms with Crippen LogP contribution in [0, 0.1) is 0 Å². The predicted molar refractivity (Wildman–Crippen MR) is 121 cm³/mol. The van der Waals surface area contributed by atoms with Gasteiger partial charge in [0.05, 0.1) is 26.4 Å². The Morgan fingerprint density at radius 1 is 1.20 bits per heavy atom. The summed E-state index contributed by atoms with van der Waals surface area (Å²) >= 11 is 0. The van der Waals surface area contributed by atoms with E-state index in [4.69, 9.17) is 14.5 Å². The summed E-state index contributed by atoms with van der Waals surface area (Å²) in [5.74, 6) is 2.70. The number of anilines is 1. The second-order valence-electron chi connectivity index (χ2n) is 7.37. The summed E-state index contributed by atoms with van der Waals surface area (Å²) < 4.78 is 10.8. The average molecular weight is 412 g/mol. The fourth-order valence-corrected chi connectivity index (χ4v) is 3.35. The predicted octanol–water partition coefficient (Wildman–Crippen LogP) is 2.61. The lowest BCUT2D eigenvalue weighted by Crippen LogP contribution is -2.41. The second kappa shape index (κ2) is 11.4. The van der Waals surface area contributed by atoms with E-state index in [9.17, 15) is 0 Å².